The number of rotatable bonds is 9. The minimum Gasteiger partial charge on any atom is -0.493 e. The molecule has 1 heterocycles. The second-order valence-corrected chi connectivity index (χ2v) is 8.13. The van der Waals surface area contributed by atoms with Gasteiger partial charge in [0.2, 0.25) is 5.75 Å². The molecule has 0 spiro atoms. The first kappa shape index (κ1) is 25.8. The van der Waals surface area contributed by atoms with Crippen molar-refractivity contribution in [3.8, 4) is 17.2 Å². The van der Waals surface area contributed by atoms with Gasteiger partial charge in [0.25, 0.3) is 0 Å². The van der Waals surface area contributed by atoms with E-state index in [-0.39, 0.29) is 24.0 Å². The van der Waals surface area contributed by atoms with Crippen LogP contribution in [0.25, 0.3) is 0 Å². The lowest BCUT2D eigenvalue weighted by atomic mass is 10.1. The van der Waals surface area contributed by atoms with Gasteiger partial charge in [0.1, 0.15) is 0 Å². The molecule has 31 heavy (non-hydrogen) atoms. The van der Waals surface area contributed by atoms with Crippen molar-refractivity contribution in [2.75, 3.05) is 54.1 Å². The molecule has 0 aromatic heterocycles. The van der Waals surface area contributed by atoms with Crippen LogP contribution >= 0.6 is 24.0 Å². The highest BCUT2D eigenvalue weighted by Crippen LogP contribution is 2.38. The number of piperazine rings is 1. The summed E-state index contributed by atoms with van der Waals surface area (Å²) in [6.45, 7) is 10.0. The van der Waals surface area contributed by atoms with E-state index >= 15 is 0 Å². The molecule has 0 amide bonds. The SMILES string of the molecule is CCCC1CC1NC(=NCC)N1CCN(Cc2cc(OC)c(OC)c(OC)c2)CC1.I. The van der Waals surface area contributed by atoms with Crippen LogP contribution in [0.4, 0.5) is 0 Å². The molecule has 2 fully saturated rings. The molecular weight excluding hydrogens is 507 g/mol. The fourth-order valence-electron chi connectivity index (χ4n) is 4.27. The summed E-state index contributed by atoms with van der Waals surface area (Å²) in [6.07, 6.45) is 3.88. The van der Waals surface area contributed by atoms with E-state index in [2.05, 4.69) is 29.0 Å². The molecule has 1 aromatic rings. The van der Waals surface area contributed by atoms with Gasteiger partial charge in [-0.15, -0.1) is 24.0 Å². The van der Waals surface area contributed by atoms with Crippen LogP contribution in [0.2, 0.25) is 0 Å². The maximum absolute atomic E-state index is 5.50. The number of nitrogens with one attached hydrogen (secondary N) is 1. The van der Waals surface area contributed by atoms with E-state index in [1.54, 1.807) is 21.3 Å². The van der Waals surface area contributed by atoms with Gasteiger partial charge in [-0.1, -0.05) is 13.3 Å². The average Bonchev–Trinajstić information content (AvgIpc) is 3.50. The van der Waals surface area contributed by atoms with E-state index in [0.29, 0.717) is 23.3 Å². The smallest absolute Gasteiger partial charge is 0.203 e. The van der Waals surface area contributed by atoms with Gasteiger partial charge in [-0.2, -0.15) is 0 Å². The molecular formula is C23H39IN4O3. The lowest BCUT2D eigenvalue weighted by molar-refractivity contribution is 0.172. The van der Waals surface area contributed by atoms with Gasteiger partial charge >= 0.3 is 0 Å². The predicted molar refractivity (Wildman–Crippen MR) is 136 cm³/mol. The summed E-state index contributed by atoms with van der Waals surface area (Å²) in [5, 5.41) is 3.71. The van der Waals surface area contributed by atoms with Crippen molar-refractivity contribution in [1.82, 2.24) is 15.1 Å². The van der Waals surface area contributed by atoms with Crippen molar-refractivity contribution >= 4 is 29.9 Å². The van der Waals surface area contributed by atoms with Crippen LogP contribution in [0.3, 0.4) is 0 Å². The Morgan fingerprint density at radius 2 is 1.68 bits per heavy atom. The van der Waals surface area contributed by atoms with E-state index in [1.807, 2.05) is 12.1 Å². The molecule has 3 rings (SSSR count). The number of benzene rings is 1. The molecule has 2 atom stereocenters. The highest BCUT2D eigenvalue weighted by Gasteiger charge is 2.37. The number of methoxy groups -OCH3 is 3. The summed E-state index contributed by atoms with van der Waals surface area (Å²) in [6, 6.07) is 4.70. The van der Waals surface area contributed by atoms with Crippen LogP contribution in [-0.4, -0.2) is 75.9 Å². The Labute approximate surface area is 204 Å². The number of halogens is 1. The quantitative estimate of drug-likeness (QED) is 0.290. The maximum Gasteiger partial charge on any atom is 0.203 e. The Hall–Kier alpha value is -1.42. The van der Waals surface area contributed by atoms with Crippen LogP contribution in [0.1, 0.15) is 38.7 Å². The summed E-state index contributed by atoms with van der Waals surface area (Å²) >= 11 is 0. The number of hydrogen-bond donors (Lipinski definition) is 1. The van der Waals surface area contributed by atoms with Gasteiger partial charge in [0.05, 0.1) is 21.3 Å². The van der Waals surface area contributed by atoms with Gasteiger partial charge in [0, 0.05) is 45.3 Å². The number of aliphatic imine (C=N–C) groups is 1. The van der Waals surface area contributed by atoms with Gasteiger partial charge in [-0.25, -0.2) is 0 Å². The van der Waals surface area contributed by atoms with Crippen molar-refractivity contribution in [3.63, 3.8) is 0 Å². The summed E-state index contributed by atoms with van der Waals surface area (Å²) < 4.78 is 16.4. The predicted octanol–water partition coefficient (Wildman–Crippen LogP) is 3.60. The van der Waals surface area contributed by atoms with Gasteiger partial charge in [-0.3, -0.25) is 9.89 Å². The fourth-order valence-corrected chi connectivity index (χ4v) is 4.27. The zero-order valence-corrected chi connectivity index (χ0v) is 22.0. The van der Waals surface area contributed by atoms with Crippen LogP contribution in [0, 0.1) is 5.92 Å². The lowest BCUT2D eigenvalue weighted by Gasteiger charge is -2.36. The van der Waals surface area contributed by atoms with Crippen molar-refractivity contribution in [2.24, 2.45) is 10.9 Å². The van der Waals surface area contributed by atoms with Crippen LogP contribution in [0.15, 0.2) is 17.1 Å². The van der Waals surface area contributed by atoms with Gasteiger partial charge < -0.3 is 24.4 Å². The van der Waals surface area contributed by atoms with Gasteiger partial charge in [-0.05, 0) is 43.4 Å². The van der Waals surface area contributed by atoms with Crippen molar-refractivity contribution in [1.29, 1.82) is 0 Å². The number of hydrogen-bond acceptors (Lipinski definition) is 5. The Balaban J connectivity index is 0.00000341. The molecule has 1 aromatic carbocycles. The molecule has 0 radical (unpaired) electrons. The maximum atomic E-state index is 5.50. The largest absolute Gasteiger partial charge is 0.493 e. The second kappa shape index (κ2) is 12.6. The minimum absolute atomic E-state index is 0. The fraction of sp³-hybridized carbons (Fsp3) is 0.696. The number of ether oxygens (including phenoxy) is 3. The third-order valence-electron chi connectivity index (χ3n) is 6.01. The van der Waals surface area contributed by atoms with Crippen molar-refractivity contribution in [2.45, 2.75) is 45.7 Å². The summed E-state index contributed by atoms with van der Waals surface area (Å²) in [7, 11) is 4.95. The van der Waals surface area contributed by atoms with E-state index in [4.69, 9.17) is 19.2 Å². The lowest BCUT2D eigenvalue weighted by Crippen LogP contribution is -2.52. The van der Waals surface area contributed by atoms with E-state index < -0.39 is 0 Å². The third kappa shape index (κ3) is 6.78. The normalized spacial score (nSPS) is 21.3. The van der Waals surface area contributed by atoms with E-state index in [0.717, 1.165) is 51.1 Å². The third-order valence-corrected chi connectivity index (χ3v) is 6.01. The minimum atomic E-state index is 0. The van der Waals surface area contributed by atoms with E-state index in [9.17, 15) is 0 Å². The molecule has 7 nitrogen and oxygen atoms in total. The molecule has 1 N–H and O–H groups in total. The number of nitrogens with zero attached hydrogens (tertiary/aromatic N) is 3. The summed E-state index contributed by atoms with van der Waals surface area (Å²) in [5.74, 6) is 3.98. The molecule has 0 bridgehead atoms. The monoisotopic (exact) mass is 546 g/mol. The zero-order valence-electron chi connectivity index (χ0n) is 19.6. The molecule has 2 unspecified atom stereocenters. The first-order chi connectivity index (χ1) is 14.6. The second-order valence-electron chi connectivity index (χ2n) is 8.13. The van der Waals surface area contributed by atoms with Crippen molar-refractivity contribution < 1.29 is 14.2 Å². The Morgan fingerprint density at radius 3 is 2.19 bits per heavy atom. The Kier molecular flexibility index (Phi) is 10.5. The van der Waals surface area contributed by atoms with E-state index in [1.165, 1.54) is 24.8 Å². The van der Waals surface area contributed by atoms with Crippen LogP contribution in [0.5, 0.6) is 17.2 Å². The highest BCUT2D eigenvalue weighted by molar-refractivity contribution is 14.0. The summed E-state index contributed by atoms with van der Waals surface area (Å²) in [5.41, 5.74) is 1.17. The molecule has 1 saturated carbocycles. The summed E-state index contributed by atoms with van der Waals surface area (Å²) in [4.78, 5) is 9.65. The number of guanidine groups is 1. The Morgan fingerprint density at radius 1 is 1.03 bits per heavy atom. The van der Waals surface area contributed by atoms with Crippen LogP contribution in [-0.2, 0) is 6.54 Å². The molecule has 8 heteroatoms. The average molecular weight is 546 g/mol. The highest BCUT2D eigenvalue weighted by atomic mass is 127. The molecule has 1 aliphatic carbocycles. The van der Waals surface area contributed by atoms with Gasteiger partial charge in [0.15, 0.2) is 17.5 Å². The standard InChI is InChI=1S/C23H38N4O3.HI/c1-6-8-18-15-19(18)25-23(24-7-2)27-11-9-26(10-12-27)16-17-13-20(28-3)22(30-5)21(14-17)29-4;/h13-14,18-19H,6-12,15-16H2,1-5H3,(H,24,25);1H. The van der Waals surface area contributed by atoms with Crippen LogP contribution < -0.4 is 19.5 Å². The molecule has 1 aliphatic heterocycles. The zero-order chi connectivity index (χ0) is 21.5. The topological polar surface area (TPSA) is 58.6 Å². The molecule has 2 aliphatic rings. The molecule has 1 saturated heterocycles. The molecule has 176 valence electrons. The first-order valence-corrected chi connectivity index (χ1v) is 11.2. The van der Waals surface area contributed by atoms with Crippen molar-refractivity contribution in [3.05, 3.63) is 17.7 Å². The Bertz CT molecular complexity index is 698. The first-order valence-electron chi connectivity index (χ1n) is 11.2.